The lowest BCUT2D eigenvalue weighted by Gasteiger charge is -2.07. The summed E-state index contributed by atoms with van der Waals surface area (Å²) < 4.78 is 5.06. The quantitative estimate of drug-likeness (QED) is 0.141. The van der Waals surface area contributed by atoms with Gasteiger partial charge in [0.2, 0.25) is 0 Å². The molecule has 0 saturated carbocycles. The molecular weight excluding hydrogens is 420 g/mol. The second-order valence-electron chi connectivity index (χ2n) is 7.76. The Kier molecular flexibility index (Phi) is 22.0. The van der Waals surface area contributed by atoms with Crippen molar-refractivity contribution < 1.29 is 39.2 Å². The molecule has 2 atom stereocenters. The number of aliphatic carboxylic acids is 3. The topological polar surface area (TPSA) is 190 Å². The summed E-state index contributed by atoms with van der Waals surface area (Å²) in [5.74, 6) is -3.63. The molecule has 1 unspecified atom stereocenters. The highest BCUT2D eigenvalue weighted by Crippen LogP contribution is 2.10. The van der Waals surface area contributed by atoms with Crippen molar-refractivity contribution in [3.05, 3.63) is 0 Å². The van der Waals surface area contributed by atoms with E-state index in [1.807, 2.05) is 0 Å². The van der Waals surface area contributed by atoms with Gasteiger partial charge in [0.1, 0.15) is 12.1 Å². The molecule has 32 heavy (non-hydrogen) atoms. The molecule has 7 N–H and O–H groups in total. The van der Waals surface area contributed by atoms with Crippen LogP contribution < -0.4 is 11.5 Å². The molecule has 0 radical (unpaired) electrons. The second kappa shape index (κ2) is 22.0. The zero-order valence-electron chi connectivity index (χ0n) is 19.3. The smallest absolute Gasteiger partial charge is 0.320 e. The Morgan fingerprint density at radius 3 is 1.50 bits per heavy atom. The maximum absolute atomic E-state index is 11.4. The van der Waals surface area contributed by atoms with Crippen LogP contribution in [0.5, 0.6) is 0 Å². The van der Waals surface area contributed by atoms with Crippen LogP contribution in [0.4, 0.5) is 0 Å². The van der Waals surface area contributed by atoms with Crippen LogP contribution in [0.3, 0.4) is 0 Å². The van der Waals surface area contributed by atoms with Crippen LogP contribution in [-0.4, -0.2) is 57.9 Å². The molecular formula is C22H42N2O8. The summed E-state index contributed by atoms with van der Waals surface area (Å²) in [5, 5.41) is 24.9. The first-order valence-corrected chi connectivity index (χ1v) is 11.5. The SMILES string of the molecule is CCCCCCCCCCCCOC(=O)CCC(N)C(=O)O.N[C@@H](CCC(=O)O)C(=O)O. The minimum Gasteiger partial charge on any atom is -0.481 e. The lowest BCUT2D eigenvalue weighted by molar-refractivity contribution is -0.145. The highest BCUT2D eigenvalue weighted by molar-refractivity contribution is 5.75. The molecule has 0 aromatic heterocycles. The van der Waals surface area contributed by atoms with Crippen LogP contribution >= 0.6 is 0 Å². The molecule has 0 aliphatic carbocycles. The van der Waals surface area contributed by atoms with Crippen molar-refractivity contribution in [3.63, 3.8) is 0 Å². The van der Waals surface area contributed by atoms with Crippen LogP contribution in [0, 0.1) is 0 Å². The Bertz CT molecular complexity index is 528. The molecule has 0 amide bonds. The summed E-state index contributed by atoms with van der Waals surface area (Å²) in [6.45, 7) is 2.66. The van der Waals surface area contributed by atoms with Crippen molar-refractivity contribution in [1.82, 2.24) is 0 Å². The number of carboxylic acid groups (broad SMARTS) is 3. The number of esters is 1. The number of hydrogen-bond acceptors (Lipinski definition) is 7. The van der Waals surface area contributed by atoms with E-state index in [0.717, 1.165) is 12.8 Å². The van der Waals surface area contributed by atoms with E-state index in [1.54, 1.807) is 0 Å². The fourth-order valence-corrected chi connectivity index (χ4v) is 2.65. The van der Waals surface area contributed by atoms with Gasteiger partial charge in [-0.2, -0.15) is 0 Å². The van der Waals surface area contributed by atoms with Crippen molar-refractivity contribution in [2.24, 2.45) is 11.5 Å². The maximum atomic E-state index is 11.4. The zero-order chi connectivity index (χ0) is 24.8. The second-order valence-corrected chi connectivity index (χ2v) is 7.76. The molecule has 0 rings (SSSR count). The first kappa shape index (κ1) is 32.0. The lowest BCUT2D eigenvalue weighted by atomic mass is 10.1. The van der Waals surface area contributed by atoms with Gasteiger partial charge in [0.25, 0.3) is 0 Å². The number of rotatable bonds is 19. The first-order chi connectivity index (χ1) is 15.1. The number of ether oxygens (including phenoxy) is 1. The molecule has 0 heterocycles. The van der Waals surface area contributed by atoms with E-state index in [-0.39, 0.29) is 31.7 Å². The number of nitrogens with two attached hydrogens (primary N) is 2. The summed E-state index contributed by atoms with van der Waals surface area (Å²) in [6, 6.07) is -2.04. The summed E-state index contributed by atoms with van der Waals surface area (Å²) >= 11 is 0. The fourth-order valence-electron chi connectivity index (χ4n) is 2.65. The Morgan fingerprint density at radius 2 is 1.09 bits per heavy atom. The highest BCUT2D eigenvalue weighted by Gasteiger charge is 2.14. The van der Waals surface area contributed by atoms with Crippen molar-refractivity contribution in [2.45, 2.75) is 109 Å². The standard InChI is InChI=1S/C17H33NO4.C5H9NO4/c1-2-3-4-5-6-7-8-9-10-11-14-22-16(19)13-12-15(18)17(20)21;6-3(5(9)10)1-2-4(7)8/h15H,2-14,18H2,1H3,(H,20,21);3H,1-2,6H2,(H,7,8)(H,9,10)/t;3-/m.0/s1. The van der Waals surface area contributed by atoms with E-state index in [2.05, 4.69) is 6.92 Å². The summed E-state index contributed by atoms with van der Waals surface area (Å²) in [7, 11) is 0. The van der Waals surface area contributed by atoms with E-state index < -0.39 is 30.0 Å². The highest BCUT2D eigenvalue weighted by atomic mass is 16.5. The van der Waals surface area contributed by atoms with Crippen LogP contribution in [-0.2, 0) is 23.9 Å². The molecule has 0 aliphatic rings. The molecule has 10 heteroatoms. The van der Waals surface area contributed by atoms with Crippen LogP contribution in [0.2, 0.25) is 0 Å². The Balaban J connectivity index is 0. The van der Waals surface area contributed by atoms with Crippen LogP contribution in [0.15, 0.2) is 0 Å². The van der Waals surface area contributed by atoms with Gasteiger partial charge in [-0.25, -0.2) is 0 Å². The molecule has 0 saturated heterocycles. The van der Waals surface area contributed by atoms with Gasteiger partial charge in [-0.15, -0.1) is 0 Å². The third-order valence-corrected chi connectivity index (χ3v) is 4.72. The largest absolute Gasteiger partial charge is 0.481 e. The molecule has 0 bridgehead atoms. The number of carboxylic acids is 3. The normalized spacial score (nSPS) is 12.2. The minimum absolute atomic E-state index is 0.0231. The average Bonchev–Trinajstić information content (AvgIpc) is 2.74. The Hall–Kier alpha value is -2.20. The van der Waals surface area contributed by atoms with E-state index >= 15 is 0 Å². The minimum atomic E-state index is -1.17. The van der Waals surface area contributed by atoms with Crippen molar-refractivity contribution >= 4 is 23.9 Å². The fraction of sp³-hybridized carbons (Fsp3) is 0.818. The molecule has 0 fully saturated rings. The molecule has 0 aliphatic heterocycles. The third-order valence-electron chi connectivity index (χ3n) is 4.72. The monoisotopic (exact) mass is 462 g/mol. The number of hydrogen-bond donors (Lipinski definition) is 5. The van der Waals surface area contributed by atoms with Gasteiger partial charge in [0.15, 0.2) is 0 Å². The van der Waals surface area contributed by atoms with Crippen molar-refractivity contribution in [2.75, 3.05) is 6.61 Å². The Labute approximate surface area is 190 Å². The molecule has 0 aromatic rings. The van der Waals surface area contributed by atoms with Crippen molar-refractivity contribution in [3.8, 4) is 0 Å². The van der Waals surface area contributed by atoms with Crippen LogP contribution in [0.25, 0.3) is 0 Å². The summed E-state index contributed by atoms with van der Waals surface area (Å²) in [5.41, 5.74) is 10.3. The first-order valence-electron chi connectivity index (χ1n) is 11.5. The van der Waals surface area contributed by atoms with E-state index in [0.29, 0.717) is 6.61 Å². The lowest BCUT2D eigenvalue weighted by Crippen LogP contribution is -2.30. The van der Waals surface area contributed by atoms with Crippen molar-refractivity contribution in [1.29, 1.82) is 0 Å². The number of carbonyl (C=O) groups excluding carboxylic acids is 1. The van der Waals surface area contributed by atoms with E-state index in [1.165, 1.54) is 51.4 Å². The number of carbonyl (C=O) groups is 4. The molecule has 188 valence electrons. The van der Waals surface area contributed by atoms with Crippen LogP contribution in [0.1, 0.15) is 96.8 Å². The van der Waals surface area contributed by atoms with Gasteiger partial charge in [-0.1, -0.05) is 64.7 Å². The molecule has 0 aromatic carbocycles. The van der Waals surface area contributed by atoms with Gasteiger partial charge in [-0.3, -0.25) is 19.2 Å². The van der Waals surface area contributed by atoms with Gasteiger partial charge < -0.3 is 31.5 Å². The Morgan fingerprint density at radius 1 is 0.688 bits per heavy atom. The molecule has 10 nitrogen and oxygen atoms in total. The predicted molar refractivity (Wildman–Crippen MR) is 120 cm³/mol. The average molecular weight is 463 g/mol. The summed E-state index contributed by atoms with van der Waals surface area (Å²) in [6.07, 6.45) is 12.4. The number of unbranched alkanes of at least 4 members (excludes halogenated alkanes) is 9. The van der Waals surface area contributed by atoms with Gasteiger partial charge in [0.05, 0.1) is 6.61 Å². The molecule has 0 spiro atoms. The maximum Gasteiger partial charge on any atom is 0.320 e. The van der Waals surface area contributed by atoms with Gasteiger partial charge in [-0.05, 0) is 19.3 Å². The summed E-state index contributed by atoms with van der Waals surface area (Å²) in [4.78, 5) is 41.7. The third kappa shape index (κ3) is 24.1. The predicted octanol–water partition coefficient (Wildman–Crippen LogP) is 2.91. The zero-order valence-corrected chi connectivity index (χ0v) is 19.3. The van der Waals surface area contributed by atoms with Gasteiger partial charge in [0, 0.05) is 12.8 Å². The van der Waals surface area contributed by atoms with E-state index in [9.17, 15) is 19.2 Å². The van der Waals surface area contributed by atoms with E-state index in [4.69, 9.17) is 31.5 Å². The van der Waals surface area contributed by atoms with Gasteiger partial charge >= 0.3 is 23.9 Å².